The lowest BCUT2D eigenvalue weighted by Gasteiger charge is -2.35. The standard InChI is InChI=1S/C47H32FN/c48-37-25-27-38(28-26-37)49(45-23-13-12-21-40(45)33-14-4-1-5-15-33)39-29-30-42-44(32-39)47(35-17-6-2-7-18-35,36-19-8-3-9-20-36)43-31-24-34-16-10-11-22-41(34)46(42)43/h1-32H. The predicted molar refractivity (Wildman–Crippen MR) is 201 cm³/mol. The fraction of sp³-hybridized carbons (Fsp3) is 0.0213. The number of hydrogen-bond donors (Lipinski definition) is 0. The van der Waals surface area contributed by atoms with E-state index >= 15 is 0 Å². The number of halogens is 1. The van der Waals surface area contributed by atoms with Crippen LogP contribution in [0.3, 0.4) is 0 Å². The Balaban J connectivity index is 1.38. The van der Waals surface area contributed by atoms with Gasteiger partial charge in [0.15, 0.2) is 0 Å². The molecule has 1 nitrogen and oxygen atoms in total. The van der Waals surface area contributed by atoms with Crippen molar-refractivity contribution >= 4 is 27.8 Å². The minimum absolute atomic E-state index is 0.261. The second-order valence-electron chi connectivity index (χ2n) is 12.6. The van der Waals surface area contributed by atoms with Crippen molar-refractivity contribution in [2.75, 3.05) is 4.90 Å². The van der Waals surface area contributed by atoms with Crippen molar-refractivity contribution in [3.05, 3.63) is 222 Å². The van der Waals surface area contributed by atoms with Gasteiger partial charge in [-0.15, -0.1) is 0 Å². The first-order valence-corrected chi connectivity index (χ1v) is 16.7. The van der Waals surface area contributed by atoms with E-state index in [0.29, 0.717) is 0 Å². The Hall–Kier alpha value is -6.25. The highest BCUT2D eigenvalue weighted by Gasteiger charge is 2.47. The second kappa shape index (κ2) is 11.8. The molecule has 0 aliphatic heterocycles. The average Bonchev–Trinajstić information content (AvgIpc) is 3.48. The maximum Gasteiger partial charge on any atom is 0.123 e. The summed E-state index contributed by atoms with van der Waals surface area (Å²) < 4.78 is 14.4. The van der Waals surface area contributed by atoms with E-state index in [1.54, 1.807) is 12.1 Å². The third-order valence-corrected chi connectivity index (χ3v) is 10.00. The van der Waals surface area contributed by atoms with Crippen LogP contribution in [0.5, 0.6) is 0 Å². The van der Waals surface area contributed by atoms with Crippen LogP contribution in [0.4, 0.5) is 21.5 Å². The SMILES string of the molecule is Fc1ccc(N(c2ccc3c(c2)C(c2ccccc2)(c2ccccc2)c2ccc4ccccc4c2-3)c2ccccc2-c2ccccc2)cc1. The van der Waals surface area contributed by atoms with Crippen LogP contribution in [0.1, 0.15) is 22.3 Å². The molecule has 1 aliphatic carbocycles. The number of fused-ring (bicyclic) bond motifs is 5. The fourth-order valence-electron chi connectivity index (χ4n) is 7.93. The van der Waals surface area contributed by atoms with Crippen LogP contribution in [0, 0.1) is 5.82 Å². The lowest BCUT2D eigenvalue weighted by atomic mass is 9.67. The fourth-order valence-corrected chi connectivity index (χ4v) is 7.93. The van der Waals surface area contributed by atoms with Crippen molar-refractivity contribution in [1.29, 1.82) is 0 Å². The Morgan fingerprint density at radius 3 is 1.73 bits per heavy atom. The molecule has 0 spiro atoms. The van der Waals surface area contributed by atoms with Gasteiger partial charge in [0.1, 0.15) is 5.82 Å². The average molecular weight is 630 g/mol. The summed E-state index contributed by atoms with van der Waals surface area (Å²) in [7, 11) is 0. The molecule has 0 amide bonds. The maximum absolute atomic E-state index is 14.4. The molecule has 9 rings (SSSR count). The van der Waals surface area contributed by atoms with Gasteiger partial charge in [0, 0.05) is 16.9 Å². The van der Waals surface area contributed by atoms with Crippen molar-refractivity contribution in [2.45, 2.75) is 5.41 Å². The van der Waals surface area contributed by atoms with E-state index in [9.17, 15) is 4.39 Å². The summed E-state index contributed by atoms with van der Waals surface area (Å²) in [4.78, 5) is 2.27. The Bertz CT molecular complexity index is 2390. The molecule has 0 fully saturated rings. The molecule has 232 valence electrons. The highest BCUT2D eigenvalue weighted by Crippen LogP contribution is 2.59. The molecule has 0 bridgehead atoms. The van der Waals surface area contributed by atoms with Crippen LogP contribution in [0.25, 0.3) is 33.0 Å². The van der Waals surface area contributed by atoms with Crippen LogP contribution >= 0.6 is 0 Å². The van der Waals surface area contributed by atoms with Crippen LogP contribution in [-0.2, 0) is 5.41 Å². The van der Waals surface area contributed by atoms with Gasteiger partial charge < -0.3 is 4.90 Å². The summed E-state index contributed by atoms with van der Waals surface area (Å²) in [5.74, 6) is -0.261. The van der Waals surface area contributed by atoms with Crippen molar-refractivity contribution in [3.8, 4) is 22.3 Å². The molecule has 0 saturated carbocycles. The van der Waals surface area contributed by atoms with Gasteiger partial charge in [-0.05, 0) is 92.2 Å². The summed E-state index contributed by atoms with van der Waals surface area (Å²) in [6, 6.07) is 67.7. The van der Waals surface area contributed by atoms with Gasteiger partial charge in [0.05, 0.1) is 11.1 Å². The highest BCUT2D eigenvalue weighted by molar-refractivity contribution is 6.04. The van der Waals surface area contributed by atoms with Crippen LogP contribution in [0.2, 0.25) is 0 Å². The van der Waals surface area contributed by atoms with Gasteiger partial charge in [-0.2, -0.15) is 0 Å². The van der Waals surface area contributed by atoms with Crippen molar-refractivity contribution in [2.24, 2.45) is 0 Å². The molecule has 0 atom stereocenters. The summed E-state index contributed by atoms with van der Waals surface area (Å²) in [5.41, 5.74) is 12.0. The van der Waals surface area contributed by atoms with E-state index in [0.717, 1.165) is 28.2 Å². The molecule has 0 unspecified atom stereocenters. The molecular formula is C47H32FN. The van der Waals surface area contributed by atoms with Crippen LogP contribution < -0.4 is 4.90 Å². The molecule has 0 aromatic heterocycles. The third-order valence-electron chi connectivity index (χ3n) is 10.00. The van der Waals surface area contributed by atoms with Crippen LogP contribution in [-0.4, -0.2) is 0 Å². The van der Waals surface area contributed by atoms with Crippen LogP contribution in [0.15, 0.2) is 194 Å². The van der Waals surface area contributed by atoms with Gasteiger partial charge >= 0.3 is 0 Å². The first kappa shape index (κ1) is 28.9. The quantitative estimate of drug-likeness (QED) is 0.177. The zero-order chi connectivity index (χ0) is 32.8. The topological polar surface area (TPSA) is 3.24 Å². The number of benzene rings is 8. The summed E-state index contributed by atoms with van der Waals surface area (Å²) in [5, 5.41) is 2.46. The van der Waals surface area contributed by atoms with E-state index in [2.05, 4.69) is 169 Å². The summed E-state index contributed by atoms with van der Waals surface area (Å²) in [6.07, 6.45) is 0. The Morgan fingerprint density at radius 1 is 0.429 bits per heavy atom. The van der Waals surface area contributed by atoms with Gasteiger partial charge in [0.25, 0.3) is 0 Å². The van der Waals surface area contributed by atoms with Gasteiger partial charge in [-0.3, -0.25) is 0 Å². The second-order valence-corrected chi connectivity index (χ2v) is 12.6. The van der Waals surface area contributed by atoms with Gasteiger partial charge in [-0.1, -0.05) is 152 Å². The Morgan fingerprint density at radius 2 is 1.02 bits per heavy atom. The zero-order valence-corrected chi connectivity index (χ0v) is 26.8. The molecule has 1 aliphatic rings. The molecule has 0 saturated heterocycles. The lowest BCUT2D eigenvalue weighted by molar-refractivity contribution is 0.628. The first-order valence-electron chi connectivity index (χ1n) is 16.7. The molecule has 8 aromatic carbocycles. The van der Waals surface area contributed by atoms with Crippen molar-refractivity contribution < 1.29 is 4.39 Å². The number of anilines is 3. The number of hydrogen-bond acceptors (Lipinski definition) is 1. The normalized spacial score (nSPS) is 12.8. The van der Waals surface area contributed by atoms with E-state index in [1.807, 2.05) is 18.2 Å². The molecule has 0 radical (unpaired) electrons. The highest BCUT2D eigenvalue weighted by atomic mass is 19.1. The Labute approximate surface area is 286 Å². The Kier molecular flexibility index (Phi) is 6.95. The van der Waals surface area contributed by atoms with Gasteiger partial charge in [0.2, 0.25) is 0 Å². The molecule has 8 aromatic rings. The molecule has 49 heavy (non-hydrogen) atoms. The molecule has 0 heterocycles. The van der Waals surface area contributed by atoms with Gasteiger partial charge in [-0.25, -0.2) is 4.39 Å². The number of rotatable bonds is 6. The first-order chi connectivity index (χ1) is 24.2. The predicted octanol–water partition coefficient (Wildman–Crippen LogP) is 12.5. The van der Waals surface area contributed by atoms with Crippen molar-refractivity contribution in [1.82, 2.24) is 0 Å². The van der Waals surface area contributed by atoms with E-state index in [-0.39, 0.29) is 5.82 Å². The molecule has 2 heteroatoms. The maximum atomic E-state index is 14.4. The largest absolute Gasteiger partial charge is 0.310 e. The third kappa shape index (κ3) is 4.60. The minimum atomic E-state index is -0.569. The lowest BCUT2D eigenvalue weighted by Crippen LogP contribution is -2.28. The molecule has 0 N–H and O–H groups in total. The van der Waals surface area contributed by atoms with E-state index in [4.69, 9.17) is 0 Å². The zero-order valence-electron chi connectivity index (χ0n) is 26.8. The summed E-state index contributed by atoms with van der Waals surface area (Å²) >= 11 is 0. The minimum Gasteiger partial charge on any atom is -0.310 e. The monoisotopic (exact) mass is 629 g/mol. The van der Waals surface area contributed by atoms with Crippen molar-refractivity contribution in [3.63, 3.8) is 0 Å². The smallest absolute Gasteiger partial charge is 0.123 e. The number of nitrogens with zero attached hydrogens (tertiary/aromatic N) is 1. The van der Waals surface area contributed by atoms with E-state index in [1.165, 1.54) is 44.2 Å². The molecular weight excluding hydrogens is 598 g/mol. The number of para-hydroxylation sites is 1. The summed E-state index contributed by atoms with van der Waals surface area (Å²) in [6.45, 7) is 0. The van der Waals surface area contributed by atoms with E-state index < -0.39 is 5.41 Å².